The summed E-state index contributed by atoms with van der Waals surface area (Å²) in [6.45, 7) is 11.5. The minimum atomic E-state index is -0.630. The zero-order valence-corrected chi connectivity index (χ0v) is 48.0. The lowest BCUT2D eigenvalue weighted by molar-refractivity contribution is 0.574. The third-order valence-corrected chi connectivity index (χ3v) is 13.4. The Morgan fingerprint density at radius 3 is 0.750 bits per heavy atom. The number of hydrogen-bond donors (Lipinski definition) is 0. The van der Waals surface area contributed by atoms with Crippen molar-refractivity contribution >= 4 is 0 Å². The van der Waals surface area contributed by atoms with Crippen LogP contribution >= 0.6 is 0 Å². The maximum atomic E-state index is 14.3. The predicted molar refractivity (Wildman–Crippen MR) is 336 cm³/mol. The van der Waals surface area contributed by atoms with E-state index in [2.05, 4.69) is 120 Å². The third-order valence-electron chi connectivity index (χ3n) is 13.4. The second kappa shape index (κ2) is 31.4. The van der Waals surface area contributed by atoms with Crippen LogP contribution in [0.2, 0.25) is 0 Å². The van der Waals surface area contributed by atoms with Gasteiger partial charge in [-0.05, 0) is 201 Å². The highest BCUT2D eigenvalue weighted by molar-refractivity contribution is 5.67. The molecule has 0 unspecified atom stereocenters. The van der Waals surface area contributed by atoms with Crippen LogP contribution in [0.3, 0.4) is 0 Å². The third kappa shape index (κ3) is 18.4. The fourth-order valence-corrected chi connectivity index (χ4v) is 8.62. The van der Waals surface area contributed by atoms with Gasteiger partial charge in [-0.25, -0.2) is 26.3 Å². The SMILES string of the molecule is C/C=C/Cc1cc(F)c(C#Cc2ccc(-c3ccc(C)cc3)cc2)c(F)c1.C/C=C/Cc1ccc(-c2ccc(C#Cc3c(F)cc(C)cc3F)cc2)cc1.C/C=C/Cc1ccc(-c2ccc(C#Cc3c(F)cc(C/C=C/C)cc3F)cc2)cc1. The Morgan fingerprint density at radius 1 is 0.262 bits per heavy atom. The highest BCUT2D eigenvalue weighted by Gasteiger charge is 2.11. The van der Waals surface area contributed by atoms with Crippen molar-refractivity contribution in [2.24, 2.45) is 0 Å². The Kier molecular flexibility index (Phi) is 23.1. The van der Waals surface area contributed by atoms with E-state index in [1.54, 1.807) is 6.92 Å². The lowest BCUT2D eigenvalue weighted by atomic mass is 10.0. The van der Waals surface area contributed by atoms with Crippen LogP contribution in [0.25, 0.3) is 33.4 Å². The van der Waals surface area contributed by atoms with Crippen molar-refractivity contribution in [3.05, 3.63) is 332 Å². The minimum absolute atomic E-state index is 0.193. The lowest BCUT2D eigenvalue weighted by Gasteiger charge is -2.04. The van der Waals surface area contributed by atoms with Gasteiger partial charge in [0.05, 0.1) is 16.7 Å². The van der Waals surface area contributed by atoms with Crippen molar-refractivity contribution < 1.29 is 26.3 Å². The average molecular weight is 1120 g/mol. The Morgan fingerprint density at radius 2 is 0.488 bits per heavy atom. The first-order chi connectivity index (χ1) is 40.7. The molecule has 9 rings (SSSR count). The van der Waals surface area contributed by atoms with Gasteiger partial charge in [-0.3, -0.25) is 0 Å². The maximum absolute atomic E-state index is 14.3. The molecule has 0 aliphatic heterocycles. The Hall–Kier alpha value is -9.80. The Bertz CT molecular complexity index is 3910. The van der Waals surface area contributed by atoms with Crippen LogP contribution in [0.1, 0.15) is 94.5 Å². The van der Waals surface area contributed by atoms with E-state index in [-0.39, 0.29) is 16.7 Å². The van der Waals surface area contributed by atoms with Crippen LogP contribution in [0.5, 0.6) is 0 Å². The Balaban J connectivity index is 0.000000181. The van der Waals surface area contributed by atoms with Crippen LogP contribution in [-0.2, 0) is 25.7 Å². The summed E-state index contributed by atoms with van der Waals surface area (Å²) >= 11 is 0. The molecule has 0 N–H and O–H groups in total. The molecule has 0 saturated heterocycles. The normalized spacial score (nSPS) is 10.8. The van der Waals surface area contributed by atoms with Crippen LogP contribution in [0, 0.1) is 84.3 Å². The highest BCUT2D eigenvalue weighted by atomic mass is 19.2. The average Bonchev–Trinajstić information content (AvgIpc) is 3.66. The molecule has 0 amide bonds. The van der Waals surface area contributed by atoms with E-state index in [9.17, 15) is 26.3 Å². The van der Waals surface area contributed by atoms with E-state index >= 15 is 0 Å². The molecule has 0 bridgehead atoms. The topological polar surface area (TPSA) is 0 Å². The number of allylic oxidation sites excluding steroid dienone is 8. The molecule has 0 heterocycles. The minimum Gasteiger partial charge on any atom is -0.206 e. The second-order valence-electron chi connectivity index (χ2n) is 19.8. The fraction of sp³-hybridized carbons (Fsp3) is 0.128. The summed E-state index contributed by atoms with van der Waals surface area (Å²) in [5.74, 6) is 12.7. The molecule has 0 fully saturated rings. The molecule has 6 heteroatoms. The molecule has 0 aromatic heterocycles. The number of rotatable bonds is 11. The molecular weight excluding hydrogens is 1050 g/mol. The summed E-state index contributed by atoms with van der Waals surface area (Å²) < 4.78 is 84.6. The lowest BCUT2D eigenvalue weighted by Crippen LogP contribution is -1.94. The van der Waals surface area contributed by atoms with E-state index in [4.69, 9.17) is 0 Å². The molecule has 0 aliphatic rings. The van der Waals surface area contributed by atoms with Gasteiger partial charge in [-0.2, -0.15) is 0 Å². The fourth-order valence-electron chi connectivity index (χ4n) is 8.62. The smallest absolute Gasteiger partial charge is 0.142 e. The van der Waals surface area contributed by atoms with Gasteiger partial charge in [0.15, 0.2) is 0 Å². The first-order valence-corrected chi connectivity index (χ1v) is 27.7. The summed E-state index contributed by atoms with van der Waals surface area (Å²) in [5.41, 5.74) is 13.6. The molecule has 0 saturated carbocycles. The summed E-state index contributed by atoms with van der Waals surface area (Å²) in [4.78, 5) is 0. The predicted octanol–water partition coefficient (Wildman–Crippen LogP) is 20.2. The molecule has 84 heavy (non-hydrogen) atoms. The molecule has 9 aromatic carbocycles. The van der Waals surface area contributed by atoms with E-state index < -0.39 is 34.9 Å². The molecular formula is C78H64F6. The second-order valence-corrected chi connectivity index (χ2v) is 19.8. The number of hydrogen-bond acceptors (Lipinski definition) is 0. The molecule has 0 atom stereocenters. The monoisotopic (exact) mass is 1110 g/mol. The molecule has 0 radical (unpaired) electrons. The van der Waals surface area contributed by atoms with Gasteiger partial charge in [-0.15, -0.1) is 0 Å². The van der Waals surface area contributed by atoms with Gasteiger partial charge in [0.1, 0.15) is 34.9 Å². The Labute approximate surface area is 492 Å². The van der Waals surface area contributed by atoms with Crippen molar-refractivity contribution in [3.63, 3.8) is 0 Å². The largest absolute Gasteiger partial charge is 0.206 e. The van der Waals surface area contributed by atoms with E-state index in [0.29, 0.717) is 46.2 Å². The molecule has 0 nitrogen and oxygen atoms in total. The number of benzene rings is 9. The van der Waals surface area contributed by atoms with Crippen LogP contribution in [-0.4, -0.2) is 0 Å². The van der Waals surface area contributed by atoms with Crippen molar-refractivity contribution in [2.45, 2.75) is 67.2 Å². The van der Waals surface area contributed by atoms with Crippen LogP contribution in [0.15, 0.2) is 231 Å². The van der Waals surface area contributed by atoms with E-state index in [1.165, 1.54) is 53.1 Å². The molecule has 418 valence electrons. The van der Waals surface area contributed by atoms with Gasteiger partial charge in [0.25, 0.3) is 0 Å². The van der Waals surface area contributed by atoms with Gasteiger partial charge >= 0.3 is 0 Å². The highest BCUT2D eigenvalue weighted by Crippen LogP contribution is 2.25. The number of aryl methyl sites for hydroxylation is 2. The van der Waals surface area contributed by atoms with Crippen molar-refractivity contribution in [1.82, 2.24) is 0 Å². The summed E-state index contributed by atoms with van der Waals surface area (Å²) in [5, 5.41) is 0. The van der Waals surface area contributed by atoms with E-state index in [1.807, 2.05) is 144 Å². The zero-order chi connectivity index (χ0) is 59.8. The molecule has 9 aromatic rings. The van der Waals surface area contributed by atoms with Crippen LogP contribution in [0.4, 0.5) is 26.3 Å². The van der Waals surface area contributed by atoms with Gasteiger partial charge in [0, 0.05) is 16.7 Å². The van der Waals surface area contributed by atoms with Gasteiger partial charge in [-0.1, -0.05) is 199 Å². The maximum Gasteiger partial charge on any atom is 0.142 e. The van der Waals surface area contributed by atoms with Crippen molar-refractivity contribution in [1.29, 1.82) is 0 Å². The summed E-state index contributed by atoms with van der Waals surface area (Å²) in [6.07, 6.45) is 18.6. The molecule has 0 aliphatic carbocycles. The summed E-state index contributed by atoms with van der Waals surface area (Å²) in [7, 11) is 0. The standard InChI is InChI=1S/C28H24F2.2C25H20F2/c1-3-5-7-21-9-14-24(15-10-21)25-16-11-22(12-17-25)13-18-26-27(29)19-23(8-6-4-2)20-28(26)30;1-3-4-5-19-6-11-21(12-7-19)22-13-8-20(9-14-22)10-15-23-24(26)16-18(2)17-25(23)27;1-3-4-5-20-16-24(26)23(25(27)17-20)15-10-19-8-13-22(14-9-19)21-11-6-18(2)7-12-21/h3-6,9-12,14-17,19-20H,7-8H2,1-2H3;2*3-4,6-9,11-14,16-17H,5H2,1-2H3/b5-3+,6-4+;2*4-3+. The van der Waals surface area contributed by atoms with Crippen molar-refractivity contribution in [2.75, 3.05) is 0 Å². The van der Waals surface area contributed by atoms with Crippen molar-refractivity contribution in [3.8, 4) is 68.9 Å². The number of halogens is 6. The van der Waals surface area contributed by atoms with E-state index in [0.717, 1.165) is 46.2 Å². The first-order valence-electron chi connectivity index (χ1n) is 27.7. The molecule has 0 spiro atoms. The van der Waals surface area contributed by atoms with Gasteiger partial charge < -0.3 is 0 Å². The first kappa shape index (κ1) is 61.8. The zero-order valence-electron chi connectivity index (χ0n) is 48.0. The van der Waals surface area contributed by atoms with Crippen LogP contribution < -0.4 is 0 Å². The quantitative estimate of drug-likeness (QED) is 0.0688. The van der Waals surface area contributed by atoms with Gasteiger partial charge in [0.2, 0.25) is 0 Å². The summed E-state index contributed by atoms with van der Waals surface area (Å²) in [6, 6.07) is 56.0.